The van der Waals surface area contributed by atoms with Crippen molar-refractivity contribution < 1.29 is 9.53 Å². The van der Waals surface area contributed by atoms with Gasteiger partial charge in [0.1, 0.15) is 0 Å². The molecule has 1 heterocycles. The molecule has 0 saturated heterocycles. The second-order valence-electron chi connectivity index (χ2n) is 6.03. The maximum atomic E-state index is 12.3. The number of aryl methyl sites for hydroxylation is 1. The first-order chi connectivity index (χ1) is 12.1. The lowest BCUT2D eigenvalue weighted by atomic mass is 9.98. The molecule has 0 spiro atoms. The van der Waals surface area contributed by atoms with Gasteiger partial charge in [0.05, 0.1) is 12.8 Å². The summed E-state index contributed by atoms with van der Waals surface area (Å²) in [5.41, 5.74) is 5.35. The van der Waals surface area contributed by atoms with Crippen LogP contribution in [0.5, 0.6) is 5.88 Å². The summed E-state index contributed by atoms with van der Waals surface area (Å²) >= 11 is 1.24. The van der Waals surface area contributed by atoms with Crippen molar-refractivity contribution in [3.8, 4) is 17.0 Å². The van der Waals surface area contributed by atoms with E-state index in [1.54, 1.807) is 13.3 Å². The maximum absolute atomic E-state index is 12.3. The number of aromatic nitrogens is 1. The largest absolute Gasteiger partial charge is 0.481 e. The number of carbonyl (C=O) groups is 1. The van der Waals surface area contributed by atoms with Gasteiger partial charge in [0.25, 0.3) is 0 Å². The van der Waals surface area contributed by atoms with Crippen LogP contribution in [0.15, 0.2) is 30.5 Å². The molecule has 1 aromatic heterocycles. The van der Waals surface area contributed by atoms with Crippen LogP contribution in [0.2, 0.25) is 0 Å². The molecule has 2 N–H and O–H groups in total. The lowest BCUT2D eigenvalue weighted by Gasteiger charge is -2.17. The third-order valence-corrected chi connectivity index (χ3v) is 4.74. The maximum Gasteiger partial charge on any atom is 0.330 e. The summed E-state index contributed by atoms with van der Waals surface area (Å²) < 4.78 is 9.84. The van der Waals surface area contributed by atoms with Crippen molar-refractivity contribution in [1.82, 2.24) is 14.0 Å². The number of ether oxygens (including phenoxy) is 1. The van der Waals surface area contributed by atoms with Crippen molar-refractivity contribution in [2.24, 2.45) is 0 Å². The van der Waals surface area contributed by atoms with Gasteiger partial charge in [-0.25, -0.2) is 14.1 Å². The van der Waals surface area contributed by atoms with Gasteiger partial charge in [-0.3, -0.25) is 4.72 Å². The number of nitrogens with zero attached hydrogens (tertiary/aromatic N) is 2. The summed E-state index contributed by atoms with van der Waals surface area (Å²) in [6.45, 7) is 0. The van der Waals surface area contributed by atoms with Crippen molar-refractivity contribution >= 4 is 23.9 Å². The highest BCUT2D eigenvalue weighted by atomic mass is 32.2. The van der Waals surface area contributed by atoms with Crippen LogP contribution in [0.1, 0.15) is 17.5 Å². The molecular formula is C18H22N4O2S. The first kappa shape index (κ1) is 17.6. The van der Waals surface area contributed by atoms with Crippen molar-refractivity contribution in [3.63, 3.8) is 0 Å². The molecule has 25 heavy (non-hydrogen) atoms. The fraction of sp³-hybridized carbons (Fsp3) is 0.333. The van der Waals surface area contributed by atoms with E-state index in [0.29, 0.717) is 5.88 Å². The van der Waals surface area contributed by atoms with Gasteiger partial charge >= 0.3 is 6.03 Å². The van der Waals surface area contributed by atoms with Crippen LogP contribution in [0.4, 0.5) is 10.5 Å². The monoisotopic (exact) mass is 358 g/mol. The summed E-state index contributed by atoms with van der Waals surface area (Å²) in [5, 5.41) is 3.04. The van der Waals surface area contributed by atoms with Crippen LogP contribution in [0, 0.1) is 0 Å². The van der Waals surface area contributed by atoms with E-state index in [1.807, 2.05) is 30.5 Å². The molecule has 0 unspecified atom stereocenters. The fourth-order valence-corrected chi connectivity index (χ4v) is 3.33. The van der Waals surface area contributed by atoms with Gasteiger partial charge in [0.15, 0.2) is 0 Å². The lowest BCUT2D eigenvalue weighted by molar-refractivity contribution is 0.257. The summed E-state index contributed by atoms with van der Waals surface area (Å²) in [4.78, 5) is 16.5. The zero-order valence-corrected chi connectivity index (χ0v) is 15.4. The van der Waals surface area contributed by atoms with E-state index in [9.17, 15) is 4.79 Å². The van der Waals surface area contributed by atoms with Crippen LogP contribution in [-0.4, -0.2) is 36.5 Å². The van der Waals surface area contributed by atoms with Gasteiger partial charge in [0.2, 0.25) is 5.88 Å². The smallest absolute Gasteiger partial charge is 0.330 e. The minimum absolute atomic E-state index is 0.235. The second-order valence-corrected chi connectivity index (χ2v) is 7.14. The normalized spacial score (nSPS) is 12.8. The Balaban J connectivity index is 1.96. The summed E-state index contributed by atoms with van der Waals surface area (Å²) in [6.07, 6.45) is 4.86. The predicted molar refractivity (Wildman–Crippen MR) is 102 cm³/mol. The van der Waals surface area contributed by atoms with Gasteiger partial charge < -0.3 is 10.1 Å². The number of hydrogen-bond donors (Lipinski definition) is 2. The van der Waals surface area contributed by atoms with E-state index in [4.69, 9.17) is 4.74 Å². The molecule has 3 rings (SSSR count). The highest BCUT2D eigenvalue weighted by molar-refractivity contribution is 7.95. The molecule has 0 radical (unpaired) electrons. The summed E-state index contributed by atoms with van der Waals surface area (Å²) in [5.74, 6) is 0.552. The van der Waals surface area contributed by atoms with E-state index < -0.39 is 0 Å². The Morgan fingerprint density at radius 1 is 1.28 bits per heavy atom. The minimum atomic E-state index is -0.235. The molecule has 1 aromatic carbocycles. The number of anilines is 1. The molecule has 0 saturated carbocycles. The zero-order valence-electron chi connectivity index (χ0n) is 14.6. The van der Waals surface area contributed by atoms with E-state index in [0.717, 1.165) is 36.1 Å². The number of methoxy groups -OCH3 is 1. The molecule has 2 aromatic rings. The third kappa shape index (κ3) is 4.05. The van der Waals surface area contributed by atoms with Crippen LogP contribution in [0.3, 0.4) is 0 Å². The van der Waals surface area contributed by atoms with E-state index in [-0.39, 0.29) is 6.03 Å². The topological polar surface area (TPSA) is 66.5 Å². The Morgan fingerprint density at radius 3 is 2.88 bits per heavy atom. The highest BCUT2D eigenvalue weighted by Gasteiger charge is 2.20. The predicted octanol–water partition coefficient (Wildman–Crippen LogP) is 3.49. The third-order valence-electron chi connectivity index (χ3n) is 4.10. The van der Waals surface area contributed by atoms with Gasteiger partial charge in [-0.15, -0.1) is 0 Å². The second kappa shape index (κ2) is 7.76. The molecule has 1 aliphatic carbocycles. The van der Waals surface area contributed by atoms with Crippen LogP contribution in [0.25, 0.3) is 11.1 Å². The van der Waals surface area contributed by atoms with Crippen molar-refractivity contribution in [3.05, 3.63) is 41.6 Å². The number of amides is 2. The van der Waals surface area contributed by atoms with Crippen LogP contribution in [-0.2, 0) is 12.8 Å². The fourth-order valence-electron chi connectivity index (χ4n) is 3.01. The van der Waals surface area contributed by atoms with Crippen LogP contribution >= 0.6 is 12.1 Å². The zero-order chi connectivity index (χ0) is 17.8. The molecule has 2 amide bonds. The van der Waals surface area contributed by atoms with Crippen molar-refractivity contribution in [2.45, 2.75) is 19.3 Å². The van der Waals surface area contributed by atoms with E-state index in [1.165, 1.54) is 23.3 Å². The van der Waals surface area contributed by atoms with Crippen molar-refractivity contribution in [2.75, 3.05) is 26.5 Å². The summed E-state index contributed by atoms with van der Waals surface area (Å²) in [7, 11) is 5.35. The summed E-state index contributed by atoms with van der Waals surface area (Å²) in [6, 6.07) is 7.79. The number of hydrogen-bond acceptors (Lipinski definition) is 5. The molecule has 6 nitrogen and oxygen atoms in total. The molecular weight excluding hydrogens is 336 g/mol. The first-order valence-corrected chi connectivity index (χ1v) is 8.92. The molecule has 0 fully saturated rings. The molecule has 7 heteroatoms. The molecule has 0 aliphatic heterocycles. The number of benzene rings is 1. The molecule has 1 aliphatic rings. The number of carbonyl (C=O) groups excluding carboxylic acids is 1. The average molecular weight is 358 g/mol. The van der Waals surface area contributed by atoms with Gasteiger partial charge in [-0.1, -0.05) is 12.1 Å². The number of nitrogens with one attached hydrogen (secondary N) is 2. The minimum Gasteiger partial charge on any atom is -0.481 e. The highest BCUT2D eigenvalue weighted by Crippen LogP contribution is 2.38. The molecule has 132 valence electrons. The number of pyridine rings is 1. The molecule has 0 atom stereocenters. The van der Waals surface area contributed by atoms with E-state index >= 15 is 0 Å². The molecule has 0 bridgehead atoms. The number of rotatable bonds is 5. The average Bonchev–Trinajstić information content (AvgIpc) is 3.09. The first-order valence-electron chi connectivity index (χ1n) is 8.15. The lowest BCUT2D eigenvalue weighted by Crippen LogP contribution is -2.26. The Hall–Kier alpha value is -2.25. The van der Waals surface area contributed by atoms with Gasteiger partial charge in [-0.2, -0.15) is 0 Å². The van der Waals surface area contributed by atoms with Crippen LogP contribution < -0.4 is 14.8 Å². The standard InChI is InChI=1S/C18H22N4O2S/c1-22(2)25-21-18(23)20-17-14-6-4-5-12(14)7-8-15(17)13-9-10-19-16(11-13)24-3/h7-11H,4-6H2,1-3H3,(H2,20,21,23). The number of urea groups is 1. The Morgan fingerprint density at radius 2 is 2.12 bits per heavy atom. The number of fused-ring (bicyclic) bond motifs is 1. The Labute approximate surface area is 152 Å². The van der Waals surface area contributed by atoms with Gasteiger partial charge in [-0.05, 0) is 56.1 Å². The quantitative estimate of drug-likeness (QED) is 0.801. The Bertz CT molecular complexity index is 780. The SMILES string of the molecule is COc1cc(-c2ccc3c(c2NC(=O)NSN(C)C)CCC3)ccn1. The van der Waals surface area contributed by atoms with E-state index in [2.05, 4.69) is 27.2 Å². The van der Waals surface area contributed by atoms with Gasteiger partial charge in [0, 0.05) is 30.0 Å². The van der Waals surface area contributed by atoms with Crippen molar-refractivity contribution in [1.29, 1.82) is 0 Å². The Kier molecular flexibility index (Phi) is 5.45.